The lowest BCUT2D eigenvalue weighted by Gasteiger charge is -2.11. The van der Waals surface area contributed by atoms with Gasteiger partial charge in [-0.25, -0.2) is 0 Å². The SMILES string of the molecule is O=C(Nc1cc(Oc2ccc(Cl)cc2Cl)cc([N+](=O)[O-])c1)c1cccc(Cn2cc([N+](=O)[O-])cn2)c1. The van der Waals surface area contributed by atoms with Crippen LogP contribution in [0, 0.1) is 20.2 Å². The zero-order valence-corrected chi connectivity index (χ0v) is 19.6. The van der Waals surface area contributed by atoms with Crippen molar-refractivity contribution in [3.8, 4) is 11.5 Å². The maximum absolute atomic E-state index is 12.9. The Labute approximate surface area is 213 Å². The van der Waals surface area contributed by atoms with E-state index in [-0.39, 0.29) is 45.7 Å². The Morgan fingerprint density at radius 3 is 2.47 bits per heavy atom. The summed E-state index contributed by atoms with van der Waals surface area (Å²) >= 11 is 12.0. The molecule has 13 heteroatoms. The molecule has 11 nitrogen and oxygen atoms in total. The van der Waals surface area contributed by atoms with Crippen molar-refractivity contribution < 1.29 is 19.4 Å². The molecule has 1 N–H and O–H groups in total. The molecule has 0 atom stereocenters. The number of amides is 1. The highest BCUT2D eigenvalue weighted by Crippen LogP contribution is 2.34. The number of carbonyl (C=O) groups is 1. The third kappa shape index (κ3) is 5.95. The fraction of sp³-hybridized carbons (Fsp3) is 0.0435. The lowest BCUT2D eigenvalue weighted by atomic mass is 10.1. The number of carbonyl (C=O) groups excluding carboxylic acids is 1. The quantitative estimate of drug-likeness (QED) is 0.215. The molecule has 1 amide bonds. The first-order valence-corrected chi connectivity index (χ1v) is 10.9. The number of aromatic nitrogens is 2. The number of non-ortho nitro benzene ring substituents is 1. The van der Waals surface area contributed by atoms with Crippen molar-refractivity contribution >= 4 is 46.2 Å². The summed E-state index contributed by atoms with van der Waals surface area (Å²) in [6, 6.07) is 14.9. The number of ether oxygens (including phenoxy) is 1. The molecule has 0 unspecified atom stereocenters. The lowest BCUT2D eigenvalue weighted by Crippen LogP contribution is -2.13. The van der Waals surface area contributed by atoms with Gasteiger partial charge in [-0.1, -0.05) is 35.3 Å². The molecule has 1 heterocycles. The molecule has 0 saturated heterocycles. The zero-order valence-electron chi connectivity index (χ0n) is 18.1. The number of benzene rings is 3. The fourth-order valence-corrected chi connectivity index (χ4v) is 3.69. The van der Waals surface area contributed by atoms with Crippen molar-refractivity contribution in [2.75, 3.05) is 5.32 Å². The van der Waals surface area contributed by atoms with Crippen LogP contribution in [0.15, 0.2) is 73.1 Å². The maximum atomic E-state index is 12.9. The second-order valence-corrected chi connectivity index (χ2v) is 8.30. The molecule has 1 aromatic heterocycles. The molecular weight excluding hydrogens is 513 g/mol. The van der Waals surface area contributed by atoms with Gasteiger partial charge in [0.1, 0.15) is 23.9 Å². The monoisotopic (exact) mass is 527 g/mol. The van der Waals surface area contributed by atoms with Crippen molar-refractivity contribution in [2.45, 2.75) is 6.54 Å². The zero-order chi connectivity index (χ0) is 25.8. The Morgan fingerprint density at radius 1 is 1.00 bits per heavy atom. The minimum absolute atomic E-state index is 0.0812. The van der Waals surface area contributed by atoms with Gasteiger partial charge >= 0.3 is 5.69 Å². The van der Waals surface area contributed by atoms with E-state index in [4.69, 9.17) is 27.9 Å². The molecule has 0 aliphatic heterocycles. The normalized spacial score (nSPS) is 10.6. The Morgan fingerprint density at radius 2 is 1.78 bits per heavy atom. The lowest BCUT2D eigenvalue weighted by molar-refractivity contribution is -0.385. The predicted octanol–water partition coefficient (Wildman–Crippen LogP) is 6.10. The molecule has 0 saturated carbocycles. The van der Waals surface area contributed by atoms with Crippen molar-refractivity contribution in [1.29, 1.82) is 0 Å². The van der Waals surface area contributed by atoms with Crippen LogP contribution in [0.25, 0.3) is 0 Å². The first kappa shape index (κ1) is 24.6. The van der Waals surface area contributed by atoms with E-state index >= 15 is 0 Å². The smallest absolute Gasteiger partial charge is 0.307 e. The number of nitrogens with one attached hydrogen (secondary N) is 1. The molecule has 4 rings (SSSR count). The first-order chi connectivity index (χ1) is 17.2. The summed E-state index contributed by atoms with van der Waals surface area (Å²) in [4.78, 5) is 34.0. The number of nitrogens with zero attached hydrogens (tertiary/aromatic N) is 4. The third-order valence-electron chi connectivity index (χ3n) is 4.85. The van der Waals surface area contributed by atoms with Gasteiger partial charge in [0.2, 0.25) is 0 Å². The van der Waals surface area contributed by atoms with E-state index in [0.29, 0.717) is 10.6 Å². The van der Waals surface area contributed by atoms with Crippen LogP contribution in [0.1, 0.15) is 15.9 Å². The molecule has 182 valence electrons. The number of hydrogen-bond donors (Lipinski definition) is 1. The maximum Gasteiger partial charge on any atom is 0.307 e. The van der Waals surface area contributed by atoms with E-state index in [1.165, 1.54) is 41.2 Å². The summed E-state index contributed by atoms with van der Waals surface area (Å²) in [5.41, 5.74) is 0.613. The number of nitro benzene ring substituents is 1. The highest BCUT2D eigenvalue weighted by Gasteiger charge is 2.16. The summed E-state index contributed by atoms with van der Waals surface area (Å²) in [7, 11) is 0. The van der Waals surface area contributed by atoms with Gasteiger partial charge in [-0.2, -0.15) is 5.10 Å². The Balaban J connectivity index is 1.54. The standard InChI is InChI=1S/C23H15Cl2N5O6/c24-16-4-5-22(21(25)7-16)36-20-9-17(8-18(10-20)29(32)33)27-23(31)15-3-1-2-14(6-15)12-28-13-19(11-26-28)30(34)35/h1-11,13H,12H2,(H,27,31). The van der Waals surface area contributed by atoms with Gasteiger partial charge < -0.3 is 10.1 Å². The second kappa shape index (κ2) is 10.4. The van der Waals surface area contributed by atoms with Crippen LogP contribution >= 0.6 is 23.2 Å². The number of halogens is 2. The van der Waals surface area contributed by atoms with E-state index in [1.54, 1.807) is 30.3 Å². The average Bonchev–Trinajstić information content (AvgIpc) is 3.30. The van der Waals surface area contributed by atoms with E-state index in [1.807, 2.05) is 0 Å². The van der Waals surface area contributed by atoms with Gasteiger partial charge in [0, 0.05) is 22.7 Å². The molecular formula is C23H15Cl2N5O6. The molecule has 0 aliphatic rings. The third-order valence-corrected chi connectivity index (χ3v) is 5.38. The summed E-state index contributed by atoms with van der Waals surface area (Å²) in [6.07, 6.45) is 2.42. The van der Waals surface area contributed by atoms with Crippen LogP contribution < -0.4 is 10.1 Å². The number of nitro groups is 2. The Hall–Kier alpha value is -4.48. The fourth-order valence-electron chi connectivity index (χ4n) is 3.24. The van der Waals surface area contributed by atoms with Crippen LogP contribution in [-0.2, 0) is 6.54 Å². The summed E-state index contributed by atoms with van der Waals surface area (Å²) in [6.45, 7) is 0.200. The number of hydrogen-bond acceptors (Lipinski definition) is 7. The van der Waals surface area contributed by atoms with Crippen LogP contribution in [0.2, 0.25) is 10.0 Å². The average molecular weight is 528 g/mol. The van der Waals surface area contributed by atoms with Gasteiger partial charge in [-0.05, 0) is 35.9 Å². The van der Waals surface area contributed by atoms with Gasteiger partial charge in [-0.15, -0.1) is 0 Å². The molecule has 4 aromatic rings. The van der Waals surface area contributed by atoms with E-state index in [2.05, 4.69) is 10.4 Å². The first-order valence-electron chi connectivity index (χ1n) is 10.2. The molecule has 0 bridgehead atoms. The molecule has 0 fully saturated rings. The van der Waals surface area contributed by atoms with E-state index in [0.717, 1.165) is 6.20 Å². The molecule has 3 aromatic carbocycles. The minimum atomic E-state index is -0.615. The van der Waals surface area contributed by atoms with Crippen LogP contribution in [0.5, 0.6) is 11.5 Å². The number of anilines is 1. The summed E-state index contributed by atoms with van der Waals surface area (Å²) < 4.78 is 7.06. The van der Waals surface area contributed by atoms with Crippen LogP contribution in [-0.4, -0.2) is 25.5 Å². The van der Waals surface area contributed by atoms with Crippen molar-refractivity contribution in [1.82, 2.24) is 9.78 Å². The largest absolute Gasteiger partial charge is 0.455 e. The van der Waals surface area contributed by atoms with Gasteiger partial charge in [-0.3, -0.25) is 29.7 Å². The highest BCUT2D eigenvalue weighted by atomic mass is 35.5. The van der Waals surface area contributed by atoms with E-state index < -0.39 is 15.8 Å². The molecule has 0 spiro atoms. The predicted molar refractivity (Wildman–Crippen MR) is 132 cm³/mol. The van der Waals surface area contributed by atoms with Gasteiger partial charge in [0.05, 0.1) is 33.2 Å². The van der Waals surface area contributed by atoms with E-state index in [9.17, 15) is 25.0 Å². The molecule has 0 aliphatic carbocycles. The van der Waals surface area contributed by atoms with Crippen molar-refractivity contribution in [3.63, 3.8) is 0 Å². The summed E-state index contributed by atoms with van der Waals surface area (Å²) in [5.74, 6) is -0.220. The Bertz CT molecular complexity index is 1490. The molecule has 36 heavy (non-hydrogen) atoms. The number of rotatable bonds is 8. The Kier molecular flexibility index (Phi) is 7.13. The van der Waals surface area contributed by atoms with Crippen molar-refractivity contribution in [3.05, 3.63) is 114 Å². The van der Waals surface area contributed by atoms with Crippen LogP contribution in [0.3, 0.4) is 0 Å². The highest BCUT2D eigenvalue weighted by molar-refractivity contribution is 6.35. The topological polar surface area (TPSA) is 142 Å². The van der Waals surface area contributed by atoms with Crippen molar-refractivity contribution in [2.24, 2.45) is 0 Å². The van der Waals surface area contributed by atoms with Crippen LogP contribution in [0.4, 0.5) is 17.1 Å². The van der Waals surface area contributed by atoms with Gasteiger partial charge in [0.15, 0.2) is 0 Å². The summed E-state index contributed by atoms with van der Waals surface area (Å²) in [5, 5.41) is 29.4. The minimum Gasteiger partial charge on any atom is -0.455 e. The molecule has 0 radical (unpaired) electrons. The second-order valence-electron chi connectivity index (χ2n) is 7.46. The van der Waals surface area contributed by atoms with Gasteiger partial charge in [0.25, 0.3) is 11.6 Å².